The molecule has 0 bridgehead atoms. The van der Waals surface area contributed by atoms with Crippen molar-refractivity contribution in [1.29, 1.82) is 0 Å². The largest absolute Gasteiger partial charge is 0.378 e. The number of nitrogens with zero attached hydrogens (tertiary/aromatic N) is 3. The maximum Gasteiger partial charge on any atom is 0.227 e. The minimum Gasteiger partial charge on any atom is -0.378 e. The van der Waals surface area contributed by atoms with Gasteiger partial charge in [-0.05, 0) is 25.0 Å². The Kier molecular flexibility index (Phi) is 4.54. The Morgan fingerprint density at radius 2 is 2.08 bits per heavy atom. The summed E-state index contributed by atoms with van der Waals surface area (Å²) in [6.07, 6.45) is 5.58. The molecule has 0 unspecified atom stereocenters. The molecule has 26 heavy (non-hydrogen) atoms. The highest BCUT2D eigenvalue weighted by Crippen LogP contribution is 2.45. The fourth-order valence-electron chi connectivity index (χ4n) is 4.28. The highest BCUT2D eigenvalue weighted by atomic mass is 32.2. The van der Waals surface area contributed by atoms with E-state index in [2.05, 4.69) is 22.4 Å². The first-order valence-corrected chi connectivity index (χ1v) is 11.2. The number of carbonyl (C=O) groups excluding carboxylic acids is 1. The van der Waals surface area contributed by atoms with E-state index in [9.17, 15) is 4.79 Å². The lowest BCUT2D eigenvalue weighted by Crippen LogP contribution is -2.41. The molecule has 0 radical (unpaired) electrons. The van der Waals surface area contributed by atoms with Crippen molar-refractivity contribution < 1.29 is 9.53 Å². The molecule has 138 valence electrons. The molecule has 1 amide bonds. The first-order chi connectivity index (χ1) is 12.8. The molecule has 1 aromatic heterocycles. The third-order valence-electron chi connectivity index (χ3n) is 5.65. The minimum atomic E-state index is 0.215. The van der Waals surface area contributed by atoms with E-state index in [0.717, 1.165) is 18.0 Å². The van der Waals surface area contributed by atoms with Crippen molar-refractivity contribution in [2.75, 3.05) is 26.3 Å². The Hall–Kier alpha value is -1.31. The van der Waals surface area contributed by atoms with E-state index < -0.39 is 0 Å². The van der Waals surface area contributed by atoms with Gasteiger partial charge in [-0.25, -0.2) is 0 Å². The van der Waals surface area contributed by atoms with E-state index in [1.807, 2.05) is 4.90 Å². The summed E-state index contributed by atoms with van der Waals surface area (Å²) in [5.74, 6) is 0.215. The van der Waals surface area contributed by atoms with E-state index in [1.165, 1.54) is 41.4 Å². The second-order valence-corrected chi connectivity index (χ2v) is 9.26. The fraction of sp³-hybridized carbons (Fsp3) is 0.579. The lowest BCUT2D eigenvalue weighted by Gasteiger charge is -2.31. The predicted octanol–water partition coefficient (Wildman–Crippen LogP) is 3.18. The number of thiophene rings is 1. The molecule has 2 fully saturated rings. The molecule has 1 aromatic rings. The van der Waals surface area contributed by atoms with Crippen LogP contribution in [0.2, 0.25) is 0 Å². The molecule has 1 saturated carbocycles. The molecular weight excluding hydrogens is 366 g/mol. The zero-order valence-electron chi connectivity index (χ0n) is 14.7. The van der Waals surface area contributed by atoms with Crippen LogP contribution in [-0.4, -0.2) is 59.3 Å². The Balaban J connectivity index is 1.29. The number of hydrogen-bond donors (Lipinski definition) is 0. The molecule has 0 N–H and O–H groups in total. The van der Waals surface area contributed by atoms with Gasteiger partial charge in [-0.15, -0.1) is 11.3 Å². The quantitative estimate of drug-likeness (QED) is 0.797. The van der Waals surface area contributed by atoms with Crippen LogP contribution >= 0.6 is 23.1 Å². The number of carbonyl (C=O) groups is 1. The third kappa shape index (κ3) is 3.00. The molecular formula is C19H23N3O2S2. The number of morpholine rings is 1. The Morgan fingerprint density at radius 3 is 2.96 bits per heavy atom. The molecule has 0 spiro atoms. The van der Waals surface area contributed by atoms with Crippen molar-refractivity contribution in [2.45, 2.75) is 44.2 Å². The van der Waals surface area contributed by atoms with Crippen LogP contribution in [0.3, 0.4) is 0 Å². The number of amides is 1. The lowest BCUT2D eigenvalue weighted by atomic mass is 9.90. The van der Waals surface area contributed by atoms with Crippen LogP contribution in [0.5, 0.6) is 0 Å². The zero-order valence-corrected chi connectivity index (χ0v) is 16.4. The van der Waals surface area contributed by atoms with Crippen LogP contribution in [0, 0.1) is 0 Å². The van der Waals surface area contributed by atoms with Crippen LogP contribution in [0.1, 0.15) is 35.4 Å². The molecule has 2 atom stereocenters. The molecule has 7 heteroatoms. The number of ether oxygens (including phenoxy) is 1. The summed E-state index contributed by atoms with van der Waals surface area (Å²) in [5, 5.41) is 3.42. The average Bonchev–Trinajstić information content (AvgIpc) is 3.37. The summed E-state index contributed by atoms with van der Waals surface area (Å²) in [5.41, 5.74) is 1.29. The normalized spacial score (nSPS) is 27.8. The van der Waals surface area contributed by atoms with E-state index in [-0.39, 0.29) is 5.91 Å². The van der Waals surface area contributed by atoms with Crippen LogP contribution in [0.15, 0.2) is 22.5 Å². The Morgan fingerprint density at radius 1 is 1.23 bits per heavy atom. The number of hydrogen-bond acceptors (Lipinski definition) is 6. The maximum atomic E-state index is 12.5. The van der Waals surface area contributed by atoms with Gasteiger partial charge in [0, 0.05) is 23.4 Å². The standard InChI is InChI=1S/C19H23N3O2S2/c23-18(21-7-9-24-10-8-21)11-13-5-6-17(26-13)16-12-25-19-20-14-3-1-2-4-15(14)22(16)19/h5-6,12,14-15H,1-4,7-11H2/t14-,15-/m1/s1. The van der Waals surface area contributed by atoms with Crippen LogP contribution in [0.4, 0.5) is 0 Å². The smallest absolute Gasteiger partial charge is 0.227 e. The molecule has 5 rings (SSSR count). The summed E-state index contributed by atoms with van der Waals surface area (Å²) in [6, 6.07) is 5.32. The Bertz CT molecular complexity index is 767. The molecule has 5 nitrogen and oxygen atoms in total. The van der Waals surface area contributed by atoms with Gasteiger partial charge in [-0.3, -0.25) is 9.79 Å². The summed E-state index contributed by atoms with van der Waals surface area (Å²) >= 11 is 3.51. The van der Waals surface area contributed by atoms with Crippen molar-refractivity contribution in [2.24, 2.45) is 4.99 Å². The third-order valence-corrected chi connectivity index (χ3v) is 7.61. The molecule has 1 saturated heterocycles. The van der Waals surface area contributed by atoms with E-state index >= 15 is 0 Å². The summed E-state index contributed by atoms with van der Waals surface area (Å²) in [7, 11) is 0. The number of thioether (sulfide) groups is 1. The van der Waals surface area contributed by atoms with E-state index in [0.29, 0.717) is 31.7 Å². The van der Waals surface area contributed by atoms with Gasteiger partial charge < -0.3 is 14.5 Å². The van der Waals surface area contributed by atoms with Crippen LogP contribution in [-0.2, 0) is 16.0 Å². The lowest BCUT2D eigenvalue weighted by molar-refractivity contribution is -0.134. The van der Waals surface area contributed by atoms with Gasteiger partial charge in [0.2, 0.25) is 5.91 Å². The number of fused-ring (bicyclic) bond motifs is 3. The van der Waals surface area contributed by atoms with E-state index in [4.69, 9.17) is 9.73 Å². The first kappa shape index (κ1) is 16.8. The average molecular weight is 390 g/mol. The summed E-state index contributed by atoms with van der Waals surface area (Å²) in [6.45, 7) is 2.75. The van der Waals surface area contributed by atoms with Crippen molar-refractivity contribution in [3.8, 4) is 0 Å². The highest BCUT2D eigenvalue weighted by Gasteiger charge is 2.42. The van der Waals surface area contributed by atoms with Gasteiger partial charge in [0.15, 0.2) is 5.17 Å². The molecule has 4 heterocycles. The SMILES string of the molecule is O=C(Cc1ccc(C2=CSC3=N[C@@H]4CCCC[C@H]4N23)s1)N1CCOCC1. The van der Waals surface area contributed by atoms with Gasteiger partial charge in [0.25, 0.3) is 0 Å². The predicted molar refractivity (Wildman–Crippen MR) is 106 cm³/mol. The summed E-state index contributed by atoms with van der Waals surface area (Å²) < 4.78 is 5.34. The molecule has 3 aliphatic heterocycles. The number of amidine groups is 1. The Labute approximate surface area is 162 Å². The number of rotatable bonds is 3. The van der Waals surface area contributed by atoms with Crippen LogP contribution in [0.25, 0.3) is 5.70 Å². The van der Waals surface area contributed by atoms with Gasteiger partial charge >= 0.3 is 0 Å². The molecule has 0 aromatic carbocycles. The van der Waals surface area contributed by atoms with Crippen molar-refractivity contribution in [1.82, 2.24) is 9.80 Å². The van der Waals surface area contributed by atoms with Gasteiger partial charge in [-0.2, -0.15) is 0 Å². The second kappa shape index (κ2) is 7.02. The zero-order chi connectivity index (χ0) is 17.5. The van der Waals surface area contributed by atoms with Crippen molar-refractivity contribution >= 4 is 39.9 Å². The van der Waals surface area contributed by atoms with Gasteiger partial charge in [-0.1, -0.05) is 24.6 Å². The second-order valence-electron chi connectivity index (χ2n) is 7.26. The topological polar surface area (TPSA) is 45.1 Å². The molecule has 1 aliphatic carbocycles. The summed E-state index contributed by atoms with van der Waals surface area (Å²) in [4.78, 5) is 24.2. The number of aliphatic imine (C=N–C) groups is 1. The van der Waals surface area contributed by atoms with Crippen molar-refractivity contribution in [3.05, 3.63) is 27.3 Å². The van der Waals surface area contributed by atoms with Gasteiger partial charge in [0.05, 0.1) is 42.3 Å². The van der Waals surface area contributed by atoms with Gasteiger partial charge in [0.1, 0.15) is 0 Å². The molecule has 4 aliphatic rings. The minimum absolute atomic E-state index is 0.215. The monoisotopic (exact) mass is 389 g/mol. The highest BCUT2D eigenvalue weighted by molar-refractivity contribution is 8.16. The van der Waals surface area contributed by atoms with Crippen molar-refractivity contribution in [3.63, 3.8) is 0 Å². The van der Waals surface area contributed by atoms with E-state index in [1.54, 1.807) is 23.1 Å². The first-order valence-electron chi connectivity index (χ1n) is 9.48. The maximum absolute atomic E-state index is 12.5. The fourth-order valence-corrected chi connectivity index (χ4v) is 6.37. The van der Waals surface area contributed by atoms with Crippen LogP contribution < -0.4 is 0 Å².